The first kappa shape index (κ1) is 12.5. The van der Waals surface area contributed by atoms with Crippen molar-refractivity contribution in [3.63, 3.8) is 0 Å². The number of hydrogen-bond acceptors (Lipinski definition) is 2. The van der Waals surface area contributed by atoms with Gasteiger partial charge in [0.1, 0.15) is 0 Å². The number of rotatable bonds is 2. The van der Waals surface area contributed by atoms with Crippen LogP contribution in [0.3, 0.4) is 0 Å². The van der Waals surface area contributed by atoms with E-state index in [-0.39, 0.29) is 5.91 Å². The van der Waals surface area contributed by atoms with Gasteiger partial charge in [-0.3, -0.25) is 4.79 Å². The third kappa shape index (κ3) is 1.97. The highest BCUT2D eigenvalue weighted by Gasteiger charge is 2.31. The first-order valence-corrected chi connectivity index (χ1v) is 6.58. The van der Waals surface area contributed by atoms with Crippen molar-refractivity contribution in [1.29, 1.82) is 0 Å². The molecule has 0 spiro atoms. The van der Waals surface area contributed by atoms with Crippen molar-refractivity contribution in [3.8, 4) is 0 Å². The summed E-state index contributed by atoms with van der Waals surface area (Å²) in [6.07, 6.45) is 0.587. The van der Waals surface area contributed by atoms with Crippen LogP contribution in [0.4, 0.5) is 5.69 Å². The van der Waals surface area contributed by atoms with Gasteiger partial charge in [0.15, 0.2) is 0 Å². The zero-order valence-corrected chi connectivity index (χ0v) is 11.3. The van der Waals surface area contributed by atoms with Gasteiger partial charge in [0.05, 0.1) is 11.3 Å². The Kier molecular flexibility index (Phi) is 3.03. The summed E-state index contributed by atoms with van der Waals surface area (Å²) < 4.78 is 0. The molecule has 3 rings (SSSR count). The topological polar surface area (TPSA) is 46.3 Å². The molecule has 0 bridgehead atoms. The Labute approximate surface area is 118 Å². The smallest absolute Gasteiger partial charge is 0.260 e. The van der Waals surface area contributed by atoms with Gasteiger partial charge in [-0.15, -0.1) is 0 Å². The second-order valence-electron chi connectivity index (χ2n) is 4.94. The molecule has 2 aromatic carbocycles. The van der Waals surface area contributed by atoms with E-state index in [2.05, 4.69) is 0 Å². The van der Waals surface area contributed by atoms with Gasteiger partial charge in [0.2, 0.25) is 0 Å². The van der Waals surface area contributed by atoms with Crippen LogP contribution in [0.1, 0.15) is 11.1 Å². The molecule has 0 unspecified atom stereocenters. The van der Waals surface area contributed by atoms with Crippen LogP contribution in [0.5, 0.6) is 0 Å². The molecule has 0 saturated heterocycles. The standard InChI is InChI=1S/C17H16N2O/c1-19-15-10-6-5-9-13(15)16(17(19)20)14(18)11-12-7-3-2-4-8-12/h2-10H,11,18H2,1H3. The van der Waals surface area contributed by atoms with E-state index in [4.69, 9.17) is 5.73 Å². The van der Waals surface area contributed by atoms with E-state index in [9.17, 15) is 4.79 Å². The SMILES string of the molecule is CN1C(=O)C(=C(N)Cc2ccccc2)c2ccccc21. The number of likely N-dealkylation sites (N-methyl/N-ethyl adjacent to an activating group) is 1. The Balaban J connectivity index is 2.04. The molecular formula is C17H16N2O. The van der Waals surface area contributed by atoms with E-state index in [0.29, 0.717) is 17.7 Å². The van der Waals surface area contributed by atoms with E-state index in [0.717, 1.165) is 16.8 Å². The third-order valence-electron chi connectivity index (χ3n) is 3.61. The van der Waals surface area contributed by atoms with Crippen LogP contribution < -0.4 is 10.6 Å². The van der Waals surface area contributed by atoms with Crippen LogP contribution in [0.15, 0.2) is 60.3 Å². The number of allylic oxidation sites excluding steroid dienone is 1. The lowest BCUT2D eigenvalue weighted by Gasteiger charge is -2.08. The molecule has 1 heterocycles. The molecular weight excluding hydrogens is 248 g/mol. The summed E-state index contributed by atoms with van der Waals surface area (Å²) in [7, 11) is 1.78. The average molecular weight is 264 g/mol. The van der Waals surface area contributed by atoms with E-state index in [1.807, 2.05) is 54.6 Å². The van der Waals surface area contributed by atoms with Gasteiger partial charge in [-0.25, -0.2) is 0 Å². The minimum Gasteiger partial charge on any atom is -0.401 e. The van der Waals surface area contributed by atoms with E-state index in [1.165, 1.54) is 0 Å². The first-order valence-electron chi connectivity index (χ1n) is 6.58. The van der Waals surface area contributed by atoms with Crippen LogP contribution in [-0.4, -0.2) is 13.0 Å². The van der Waals surface area contributed by atoms with Gasteiger partial charge in [0.25, 0.3) is 5.91 Å². The molecule has 0 radical (unpaired) electrons. The molecule has 0 atom stereocenters. The van der Waals surface area contributed by atoms with Crippen LogP contribution in [-0.2, 0) is 11.2 Å². The quantitative estimate of drug-likeness (QED) is 0.847. The Morgan fingerprint density at radius 1 is 1.05 bits per heavy atom. The third-order valence-corrected chi connectivity index (χ3v) is 3.61. The minimum atomic E-state index is -0.0281. The maximum Gasteiger partial charge on any atom is 0.260 e. The van der Waals surface area contributed by atoms with Crippen molar-refractivity contribution < 1.29 is 4.79 Å². The maximum absolute atomic E-state index is 12.4. The number of anilines is 1. The Bertz CT molecular complexity index is 689. The van der Waals surface area contributed by atoms with Crippen LogP contribution in [0.2, 0.25) is 0 Å². The maximum atomic E-state index is 12.4. The average Bonchev–Trinajstić information content (AvgIpc) is 2.72. The Morgan fingerprint density at radius 2 is 1.70 bits per heavy atom. The second kappa shape index (κ2) is 4.85. The molecule has 3 nitrogen and oxygen atoms in total. The lowest BCUT2D eigenvalue weighted by Crippen LogP contribution is -2.22. The monoisotopic (exact) mass is 264 g/mol. The summed E-state index contributed by atoms with van der Waals surface area (Å²) in [5, 5.41) is 0. The molecule has 0 aromatic heterocycles. The predicted octanol–water partition coefficient (Wildman–Crippen LogP) is 2.58. The summed E-state index contributed by atoms with van der Waals surface area (Å²) in [5.74, 6) is -0.0281. The molecule has 2 aromatic rings. The van der Waals surface area contributed by atoms with Crippen molar-refractivity contribution >= 4 is 17.2 Å². The Hall–Kier alpha value is -2.55. The molecule has 1 aliphatic heterocycles. The highest BCUT2D eigenvalue weighted by molar-refractivity contribution is 6.32. The van der Waals surface area contributed by atoms with Crippen molar-refractivity contribution in [2.45, 2.75) is 6.42 Å². The molecule has 0 saturated carbocycles. The molecule has 20 heavy (non-hydrogen) atoms. The first-order chi connectivity index (χ1) is 9.68. The molecule has 0 fully saturated rings. The molecule has 3 heteroatoms. The van der Waals surface area contributed by atoms with Gasteiger partial charge in [-0.05, 0) is 11.6 Å². The van der Waals surface area contributed by atoms with Crippen LogP contribution in [0, 0.1) is 0 Å². The fraction of sp³-hybridized carbons (Fsp3) is 0.118. The predicted molar refractivity (Wildman–Crippen MR) is 81.1 cm³/mol. The van der Waals surface area contributed by atoms with Gasteiger partial charge >= 0.3 is 0 Å². The number of nitrogens with zero attached hydrogens (tertiary/aromatic N) is 1. The van der Waals surface area contributed by atoms with Crippen molar-refractivity contribution in [2.24, 2.45) is 5.73 Å². The highest BCUT2D eigenvalue weighted by Crippen LogP contribution is 2.36. The number of hydrogen-bond donors (Lipinski definition) is 1. The lowest BCUT2D eigenvalue weighted by atomic mass is 10.0. The van der Waals surface area contributed by atoms with Crippen LogP contribution >= 0.6 is 0 Å². The fourth-order valence-electron chi connectivity index (χ4n) is 2.58. The van der Waals surface area contributed by atoms with Crippen LogP contribution in [0.25, 0.3) is 5.57 Å². The molecule has 100 valence electrons. The van der Waals surface area contributed by atoms with Crippen molar-refractivity contribution in [3.05, 3.63) is 71.4 Å². The number of carbonyl (C=O) groups excluding carboxylic acids is 1. The van der Waals surface area contributed by atoms with Gasteiger partial charge in [-0.1, -0.05) is 48.5 Å². The van der Waals surface area contributed by atoms with Gasteiger partial charge in [0, 0.05) is 24.7 Å². The molecule has 0 aliphatic carbocycles. The Morgan fingerprint density at radius 3 is 2.45 bits per heavy atom. The number of amides is 1. The van der Waals surface area contributed by atoms with E-state index < -0.39 is 0 Å². The molecule has 1 aliphatic rings. The second-order valence-corrected chi connectivity index (χ2v) is 4.94. The van der Waals surface area contributed by atoms with E-state index in [1.54, 1.807) is 11.9 Å². The molecule has 2 N–H and O–H groups in total. The lowest BCUT2D eigenvalue weighted by molar-refractivity contribution is -0.112. The summed E-state index contributed by atoms with van der Waals surface area (Å²) in [6.45, 7) is 0. The zero-order valence-electron chi connectivity index (χ0n) is 11.3. The number of fused-ring (bicyclic) bond motifs is 1. The number of benzene rings is 2. The zero-order chi connectivity index (χ0) is 14.1. The molecule has 1 amide bonds. The number of nitrogens with two attached hydrogens (primary N) is 1. The van der Waals surface area contributed by atoms with Gasteiger partial charge < -0.3 is 10.6 Å². The highest BCUT2D eigenvalue weighted by atomic mass is 16.2. The van der Waals surface area contributed by atoms with E-state index >= 15 is 0 Å². The minimum absolute atomic E-state index is 0.0281. The number of carbonyl (C=O) groups is 1. The van der Waals surface area contributed by atoms with Crippen molar-refractivity contribution in [2.75, 3.05) is 11.9 Å². The fourth-order valence-corrected chi connectivity index (χ4v) is 2.58. The summed E-state index contributed by atoms with van der Waals surface area (Å²) in [4.78, 5) is 14.0. The summed E-state index contributed by atoms with van der Waals surface area (Å²) >= 11 is 0. The normalized spacial score (nSPS) is 16.2. The van der Waals surface area contributed by atoms with Gasteiger partial charge in [-0.2, -0.15) is 0 Å². The number of para-hydroxylation sites is 1. The summed E-state index contributed by atoms with van der Waals surface area (Å²) in [6, 6.07) is 17.7. The summed E-state index contributed by atoms with van der Waals surface area (Å²) in [5.41, 5.74) is 10.4. The van der Waals surface area contributed by atoms with Crippen molar-refractivity contribution in [1.82, 2.24) is 0 Å². The largest absolute Gasteiger partial charge is 0.401 e.